The van der Waals surface area contributed by atoms with Crippen LogP contribution in [0.2, 0.25) is 0 Å². The Balaban J connectivity index is 1.50. The number of rotatable bonds is 2. The molecule has 2 saturated heterocycles. The van der Waals surface area contributed by atoms with Gasteiger partial charge in [-0.2, -0.15) is 0 Å². The fourth-order valence-corrected chi connectivity index (χ4v) is 3.96. The number of hydrogen-bond acceptors (Lipinski definition) is 3. The van der Waals surface area contributed by atoms with E-state index in [1.807, 2.05) is 0 Å². The number of nitrogens with zero attached hydrogens (tertiary/aromatic N) is 2. The maximum absolute atomic E-state index is 5.93. The topological polar surface area (TPSA) is 15.7 Å². The van der Waals surface area contributed by atoms with Crippen molar-refractivity contribution >= 4 is 0 Å². The molecule has 2 aliphatic heterocycles. The monoisotopic (exact) mass is 252 g/mol. The molecule has 0 aromatic carbocycles. The molecule has 1 aliphatic carbocycles. The summed E-state index contributed by atoms with van der Waals surface area (Å²) in [4.78, 5) is 5.16. The zero-order valence-corrected chi connectivity index (χ0v) is 12.0. The minimum absolute atomic E-state index is 0.478. The van der Waals surface area contributed by atoms with Crippen molar-refractivity contribution in [2.75, 3.05) is 39.8 Å². The molecule has 3 fully saturated rings. The number of ether oxygens (including phenoxy) is 1. The van der Waals surface area contributed by atoms with Crippen molar-refractivity contribution in [1.82, 2.24) is 9.80 Å². The van der Waals surface area contributed by atoms with Crippen molar-refractivity contribution in [1.29, 1.82) is 0 Å². The van der Waals surface area contributed by atoms with E-state index in [1.54, 1.807) is 0 Å². The van der Waals surface area contributed by atoms with Gasteiger partial charge in [-0.05, 0) is 31.7 Å². The molecule has 2 heterocycles. The van der Waals surface area contributed by atoms with Gasteiger partial charge in [-0.3, -0.25) is 9.80 Å². The van der Waals surface area contributed by atoms with Gasteiger partial charge in [-0.25, -0.2) is 0 Å². The van der Waals surface area contributed by atoms with Crippen LogP contribution in [0.3, 0.4) is 0 Å². The highest BCUT2D eigenvalue weighted by Gasteiger charge is 2.39. The molecule has 104 valence electrons. The van der Waals surface area contributed by atoms with Crippen LogP contribution in [-0.4, -0.2) is 61.8 Å². The summed E-state index contributed by atoms with van der Waals surface area (Å²) in [6, 6.07) is 0.654. The van der Waals surface area contributed by atoms with Crippen LogP contribution < -0.4 is 0 Å². The van der Waals surface area contributed by atoms with E-state index in [-0.39, 0.29) is 0 Å². The first-order chi connectivity index (χ1) is 8.72. The molecule has 0 spiro atoms. The standard InChI is InChI=1S/C15H28N2O/c1-12-3-5-13(6-4-12)9-17-10-14-15(11-17)18-8-7-16(14)2/h12-15H,3-11H2,1-2H3/t12?,13?,14-,15+/m1/s1. The van der Waals surface area contributed by atoms with Crippen LogP contribution in [0.25, 0.3) is 0 Å². The molecule has 1 saturated carbocycles. The molecular formula is C15H28N2O. The van der Waals surface area contributed by atoms with Gasteiger partial charge in [0, 0.05) is 32.2 Å². The molecular weight excluding hydrogens is 224 g/mol. The highest BCUT2D eigenvalue weighted by atomic mass is 16.5. The summed E-state index contributed by atoms with van der Waals surface area (Å²) in [5.41, 5.74) is 0. The van der Waals surface area contributed by atoms with Crippen molar-refractivity contribution in [2.45, 2.75) is 44.8 Å². The fourth-order valence-electron chi connectivity index (χ4n) is 3.96. The van der Waals surface area contributed by atoms with Gasteiger partial charge in [0.1, 0.15) is 0 Å². The smallest absolute Gasteiger partial charge is 0.0869 e. The summed E-state index contributed by atoms with van der Waals surface area (Å²) < 4.78 is 5.93. The van der Waals surface area contributed by atoms with E-state index in [2.05, 4.69) is 23.8 Å². The second-order valence-corrected chi connectivity index (χ2v) is 6.80. The van der Waals surface area contributed by atoms with E-state index in [0.29, 0.717) is 12.1 Å². The van der Waals surface area contributed by atoms with Gasteiger partial charge >= 0.3 is 0 Å². The number of fused-ring (bicyclic) bond motifs is 1. The third kappa shape index (κ3) is 2.73. The summed E-state index contributed by atoms with van der Waals surface area (Å²) >= 11 is 0. The number of morpholine rings is 1. The van der Waals surface area contributed by atoms with Crippen LogP contribution in [0.4, 0.5) is 0 Å². The summed E-state index contributed by atoms with van der Waals surface area (Å²) in [7, 11) is 2.26. The minimum atomic E-state index is 0.478. The maximum Gasteiger partial charge on any atom is 0.0869 e. The molecule has 18 heavy (non-hydrogen) atoms. The van der Waals surface area contributed by atoms with E-state index >= 15 is 0 Å². The predicted molar refractivity (Wildman–Crippen MR) is 73.7 cm³/mol. The van der Waals surface area contributed by atoms with Crippen LogP contribution in [0.15, 0.2) is 0 Å². The molecule has 3 rings (SSSR count). The molecule has 3 aliphatic rings. The zero-order valence-electron chi connectivity index (χ0n) is 12.0. The molecule has 0 amide bonds. The quantitative estimate of drug-likeness (QED) is 0.746. The minimum Gasteiger partial charge on any atom is -0.374 e. The first-order valence-electron chi connectivity index (χ1n) is 7.76. The summed E-state index contributed by atoms with van der Waals surface area (Å²) in [6.07, 6.45) is 6.27. The van der Waals surface area contributed by atoms with E-state index < -0.39 is 0 Å². The highest BCUT2D eigenvalue weighted by molar-refractivity contribution is 4.94. The average Bonchev–Trinajstić information content (AvgIpc) is 2.76. The molecule has 0 aromatic heterocycles. The zero-order chi connectivity index (χ0) is 12.5. The Morgan fingerprint density at radius 3 is 2.61 bits per heavy atom. The van der Waals surface area contributed by atoms with Gasteiger partial charge in [0.15, 0.2) is 0 Å². The molecule has 0 radical (unpaired) electrons. The third-order valence-electron chi connectivity index (χ3n) is 5.31. The second-order valence-electron chi connectivity index (χ2n) is 6.80. The van der Waals surface area contributed by atoms with E-state index in [4.69, 9.17) is 4.74 Å². The maximum atomic E-state index is 5.93. The second kappa shape index (κ2) is 5.48. The molecule has 0 unspecified atom stereocenters. The SMILES string of the molecule is CC1CCC(CN2C[C@@H]3OCCN(C)[C@@H]3C2)CC1. The lowest BCUT2D eigenvalue weighted by Gasteiger charge is -2.33. The Bertz CT molecular complexity index is 276. The summed E-state index contributed by atoms with van der Waals surface area (Å²) in [5.74, 6) is 1.92. The first kappa shape index (κ1) is 12.9. The van der Waals surface area contributed by atoms with Crippen LogP contribution >= 0.6 is 0 Å². The largest absolute Gasteiger partial charge is 0.374 e. The van der Waals surface area contributed by atoms with Crippen molar-refractivity contribution in [3.05, 3.63) is 0 Å². The van der Waals surface area contributed by atoms with Crippen molar-refractivity contribution in [3.8, 4) is 0 Å². The van der Waals surface area contributed by atoms with Gasteiger partial charge in [-0.1, -0.05) is 19.8 Å². The van der Waals surface area contributed by atoms with Gasteiger partial charge < -0.3 is 4.74 Å². The van der Waals surface area contributed by atoms with E-state index in [0.717, 1.165) is 25.0 Å². The Kier molecular flexibility index (Phi) is 3.92. The molecule has 2 atom stereocenters. The molecule has 0 N–H and O–H groups in total. The van der Waals surface area contributed by atoms with Gasteiger partial charge in [0.2, 0.25) is 0 Å². The van der Waals surface area contributed by atoms with E-state index in [9.17, 15) is 0 Å². The van der Waals surface area contributed by atoms with Gasteiger partial charge in [-0.15, -0.1) is 0 Å². The lowest BCUT2D eigenvalue weighted by atomic mass is 9.83. The fraction of sp³-hybridized carbons (Fsp3) is 1.00. The summed E-state index contributed by atoms with van der Waals surface area (Å²) in [6.45, 7) is 8.15. The van der Waals surface area contributed by atoms with Crippen molar-refractivity contribution < 1.29 is 4.74 Å². The number of likely N-dealkylation sites (tertiary alicyclic amines) is 1. The Labute approximate surface area is 111 Å². The van der Waals surface area contributed by atoms with E-state index in [1.165, 1.54) is 45.3 Å². The van der Waals surface area contributed by atoms with Crippen molar-refractivity contribution in [2.24, 2.45) is 11.8 Å². The molecule has 0 bridgehead atoms. The molecule has 3 heteroatoms. The highest BCUT2D eigenvalue weighted by Crippen LogP contribution is 2.30. The first-order valence-corrected chi connectivity index (χ1v) is 7.76. The number of hydrogen-bond donors (Lipinski definition) is 0. The predicted octanol–water partition coefficient (Wildman–Crippen LogP) is 1.83. The Morgan fingerprint density at radius 1 is 1.11 bits per heavy atom. The van der Waals surface area contributed by atoms with Crippen LogP contribution in [0, 0.1) is 11.8 Å². The number of likely N-dealkylation sites (N-methyl/N-ethyl adjacent to an activating group) is 1. The molecule has 0 aromatic rings. The Morgan fingerprint density at radius 2 is 1.89 bits per heavy atom. The third-order valence-corrected chi connectivity index (χ3v) is 5.31. The normalized spacial score (nSPS) is 43.0. The van der Waals surface area contributed by atoms with Crippen LogP contribution in [-0.2, 0) is 4.74 Å². The lowest BCUT2D eigenvalue weighted by molar-refractivity contribution is -0.0370. The van der Waals surface area contributed by atoms with Crippen LogP contribution in [0.5, 0.6) is 0 Å². The van der Waals surface area contributed by atoms with Gasteiger partial charge in [0.25, 0.3) is 0 Å². The Hall–Kier alpha value is -0.120. The molecule has 3 nitrogen and oxygen atoms in total. The summed E-state index contributed by atoms with van der Waals surface area (Å²) in [5, 5.41) is 0. The lowest BCUT2D eigenvalue weighted by Crippen LogP contribution is -2.48. The van der Waals surface area contributed by atoms with Gasteiger partial charge in [0.05, 0.1) is 12.7 Å². The average molecular weight is 252 g/mol. The van der Waals surface area contributed by atoms with Crippen LogP contribution in [0.1, 0.15) is 32.6 Å². The van der Waals surface area contributed by atoms with Crippen molar-refractivity contribution in [3.63, 3.8) is 0 Å².